The second kappa shape index (κ2) is 13.0. The number of ether oxygens (including phenoxy) is 1. The number of likely N-dealkylation sites (tertiary alicyclic amines) is 1. The fraction of sp³-hybridized carbons (Fsp3) is 0.583. The van der Waals surface area contributed by atoms with Crippen molar-refractivity contribution >= 4 is 17.8 Å². The van der Waals surface area contributed by atoms with Crippen LogP contribution in [0, 0.1) is 24.7 Å². The Hall–Kier alpha value is -3.95. The summed E-state index contributed by atoms with van der Waals surface area (Å²) < 4.78 is 11.2. The first kappa shape index (κ1) is 30.7. The molecule has 1 unspecified atom stereocenters. The zero-order valence-corrected chi connectivity index (χ0v) is 26.9. The summed E-state index contributed by atoms with van der Waals surface area (Å²) in [6.45, 7) is 3.25. The summed E-state index contributed by atoms with van der Waals surface area (Å²) >= 11 is 0. The lowest BCUT2D eigenvalue weighted by Crippen LogP contribution is -2.55. The van der Waals surface area contributed by atoms with Crippen molar-refractivity contribution in [2.75, 3.05) is 25.1 Å². The van der Waals surface area contributed by atoms with Crippen molar-refractivity contribution in [3.8, 4) is 17.0 Å². The highest BCUT2D eigenvalue weighted by Gasteiger charge is 2.41. The number of pyridine rings is 2. The third-order valence-corrected chi connectivity index (χ3v) is 11.0. The Morgan fingerprint density at radius 2 is 1.74 bits per heavy atom. The smallest absolute Gasteiger partial charge is 0.407 e. The van der Waals surface area contributed by atoms with E-state index in [2.05, 4.69) is 6.07 Å². The number of nitrogens with zero attached hydrogens (tertiary/aromatic N) is 5. The number of methoxy groups -OCH3 is 1. The summed E-state index contributed by atoms with van der Waals surface area (Å²) in [6, 6.07) is 8.14. The topological polar surface area (TPSA) is 122 Å². The molecule has 1 atom stereocenters. The van der Waals surface area contributed by atoms with Crippen molar-refractivity contribution in [3.05, 3.63) is 54.0 Å². The highest BCUT2D eigenvalue weighted by atomic mass is 16.5. The molecule has 0 radical (unpaired) electrons. The number of rotatable bonds is 9. The summed E-state index contributed by atoms with van der Waals surface area (Å²) in [6.07, 6.45) is 13.3. The summed E-state index contributed by atoms with van der Waals surface area (Å²) in [5.74, 6) is 3.88. The van der Waals surface area contributed by atoms with Crippen LogP contribution >= 0.6 is 0 Å². The molecule has 1 N–H and O–H groups in total. The molecule has 1 aliphatic heterocycles. The molecule has 0 aromatic carbocycles. The molecule has 3 saturated carbocycles. The van der Waals surface area contributed by atoms with E-state index >= 15 is 0 Å². The van der Waals surface area contributed by atoms with Crippen molar-refractivity contribution in [3.63, 3.8) is 0 Å². The van der Waals surface area contributed by atoms with Gasteiger partial charge in [-0.15, -0.1) is 0 Å². The first-order chi connectivity index (χ1) is 22.4. The van der Waals surface area contributed by atoms with Crippen LogP contribution < -0.4 is 9.64 Å². The standard InChI is InChI=1S/C36H45N5O5/c1-22-32(45-2)14-13-29(38-22)24-5-3-23(4-6-24)20-41(33-19-28(15-17-37-33)30-21-46-34(39-30)26-9-10-26)35(42)27-11-7-25(8-12-27)31-16-18-40(31)36(43)44/h13-15,17,19,21,23-27,31H,3-12,16,18,20H2,1-2H3,(H,43,44). The molecule has 1 saturated heterocycles. The number of anilines is 1. The van der Waals surface area contributed by atoms with Crippen molar-refractivity contribution in [1.29, 1.82) is 0 Å². The number of carbonyl (C=O) groups excluding carboxylic acids is 1. The van der Waals surface area contributed by atoms with Crippen LogP contribution in [0.2, 0.25) is 0 Å². The molecule has 3 aliphatic carbocycles. The highest BCUT2D eigenvalue weighted by molar-refractivity contribution is 5.94. The molecule has 0 spiro atoms. The first-order valence-electron chi connectivity index (χ1n) is 17.1. The molecule has 7 rings (SSSR count). The van der Waals surface area contributed by atoms with Crippen LogP contribution in [0.1, 0.15) is 99.7 Å². The SMILES string of the molecule is COc1ccc(C2CCC(CN(C(=O)C3CCC(C4CCN4C(=O)O)CC3)c3cc(-c4coc(C5CC5)n4)ccn3)CC2)nc1C. The van der Waals surface area contributed by atoms with Crippen LogP contribution in [0.3, 0.4) is 0 Å². The van der Waals surface area contributed by atoms with Gasteiger partial charge in [-0.1, -0.05) is 0 Å². The summed E-state index contributed by atoms with van der Waals surface area (Å²) in [5.41, 5.74) is 3.74. The largest absolute Gasteiger partial charge is 0.495 e. The Morgan fingerprint density at radius 3 is 2.39 bits per heavy atom. The second-order valence-electron chi connectivity index (χ2n) is 13.9. The molecule has 2 amide bonds. The van der Waals surface area contributed by atoms with Crippen LogP contribution in [0.5, 0.6) is 5.75 Å². The molecule has 4 fully saturated rings. The number of carboxylic acid groups (broad SMARTS) is 1. The lowest BCUT2D eigenvalue weighted by Gasteiger charge is -2.46. The van der Waals surface area contributed by atoms with Crippen molar-refractivity contribution in [2.24, 2.45) is 17.8 Å². The number of amides is 2. The maximum absolute atomic E-state index is 14.4. The summed E-state index contributed by atoms with van der Waals surface area (Å²) in [7, 11) is 1.68. The van der Waals surface area contributed by atoms with Gasteiger partial charge in [0.05, 0.1) is 12.8 Å². The lowest BCUT2D eigenvalue weighted by molar-refractivity contribution is -0.124. The maximum Gasteiger partial charge on any atom is 0.407 e. The summed E-state index contributed by atoms with van der Waals surface area (Å²) in [5, 5.41) is 9.52. The Bertz CT molecular complexity index is 1550. The van der Waals surface area contributed by atoms with Crippen molar-refractivity contribution in [1.82, 2.24) is 19.9 Å². The van der Waals surface area contributed by atoms with Crippen molar-refractivity contribution < 1.29 is 23.8 Å². The van der Waals surface area contributed by atoms with Crippen LogP contribution in [0.4, 0.5) is 10.6 Å². The fourth-order valence-electron chi connectivity index (χ4n) is 7.98. The van der Waals surface area contributed by atoms with Gasteiger partial charge in [0.2, 0.25) is 5.91 Å². The van der Waals surface area contributed by atoms with Gasteiger partial charge in [-0.25, -0.2) is 14.8 Å². The van der Waals surface area contributed by atoms with E-state index in [4.69, 9.17) is 24.1 Å². The van der Waals surface area contributed by atoms with Crippen LogP contribution in [0.25, 0.3) is 11.3 Å². The number of aromatic nitrogens is 3. The average molecular weight is 628 g/mol. The van der Waals surface area contributed by atoms with E-state index in [9.17, 15) is 14.7 Å². The number of aryl methyl sites for hydroxylation is 1. The second-order valence-corrected chi connectivity index (χ2v) is 13.9. The normalized spacial score (nSPS) is 26.3. The molecular weight excluding hydrogens is 582 g/mol. The molecule has 4 aliphatic rings. The van der Waals surface area contributed by atoms with E-state index in [0.29, 0.717) is 42.6 Å². The Balaban J connectivity index is 1.06. The van der Waals surface area contributed by atoms with Gasteiger partial charge < -0.3 is 19.2 Å². The number of hydrogen-bond acceptors (Lipinski definition) is 7. The predicted octanol–water partition coefficient (Wildman–Crippen LogP) is 7.19. The quantitative estimate of drug-likeness (QED) is 0.265. The number of carbonyl (C=O) groups is 2. The van der Waals surface area contributed by atoms with Crippen molar-refractivity contribution in [2.45, 2.75) is 95.4 Å². The van der Waals surface area contributed by atoms with Gasteiger partial charge in [-0.3, -0.25) is 14.7 Å². The third-order valence-electron chi connectivity index (χ3n) is 11.0. The Morgan fingerprint density at radius 1 is 0.978 bits per heavy atom. The Kier molecular flexibility index (Phi) is 8.70. The zero-order valence-electron chi connectivity index (χ0n) is 26.9. The molecule has 3 aromatic rings. The molecule has 244 valence electrons. The first-order valence-corrected chi connectivity index (χ1v) is 17.1. The van der Waals surface area contributed by atoms with Crippen LogP contribution in [0.15, 0.2) is 41.1 Å². The molecule has 3 aromatic heterocycles. The van der Waals surface area contributed by atoms with Gasteiger partial charge in [-0.2, -0.15) is 0 Å². The Labute approximate surface area is 270 Å². The minimum Gasteiger partial charge on any atom is -0.495 e. The number of hydrogen-bond donors (Lipinski definition) is 1. The molecular formula is C36H45N5O5. The van der Waals surface area contributed by atoms with E-state index < -0.39 is 6.09 Å². The van der Waals surface area contributed by atoms with E-state index in [-0.39, 0.29) is 17.9 Å². The monoisotopic (exact) mass is 627 g/mol. The zero-order chi connectivity index (χ0) is 31.8. The minimum atomic E-state index is -0.824. The lowest BCUT2D eigenvalue weighted by atomic mass is 9.74. The maximum atomic E-state index is 14.4. The van der Waals surface area contributed by atoms with Crippen LogP contribution in [-0.2, 0) is 4.79 Å². The third kappa shape index (κ3) is 6.35. The van der Waals surface area contributed by atoms with Gasteiger partial charge in [-0.05, 0) is 114 Å². The summed E-state index contributed by atoms with van der Waals surface area (Å²) in [4.78, 5) is 43.8. The molecule has 4 heterocycles. The minimum absolute atomic E-state index is 0.0867. The van der Waals surface area contributed by atoms with Gasteiger partial charge in [0, 0.05) is 54.3 Å². The van der Waals surface area contributed by atoms with Gasteiger partial charge in [0.25, 0.3) is 0 Å². The molecule has 10 heteroatoms. The average Bonchev–Trinajstić information content (AvgIpc) is 3.79. The molecule has 0 bridgehead atoms. The fourth-order valence-corrected chi connectivity index (χ4v) is 7.98. The highest BCUT2D eigenvalue weighted by Crippen LogP contribution is 2.42. The van der Waals surface area contributed by atoms with E-state index in [0.717, 1.165) is 105 Å². The van der Waals surface area contributed by atoms with Gasteiger partial charge >= 0.3 is 6.09 Å². The van der Waals surface area contributed by atoms with E-state index in [1.807, 2.05) is 30.0 Å². The molecule has 46 heavy (non-hydrogen) atoms. The number of oxazole rings is 1. The molecule has 10 nitrogen and oxygen atoms in total. The van der Waals surface area contributed by atoms with Gasteiger partial charge in [0.15, 0.2) is 5.89 Å². The van der Waals surface area contributed by atoms with E-state index in [1.165, 1.54) is 0 Å². The predicted molar refractivity (Wildman–Crippen MR) is 173 cm³/mol. The van der Waals surface area contributed by atoms with E-state index in [1.54, 1.807) is 24.5 Å². The van der Waals surface area contributed by atoms with Crippen LogP contribution in [-0.4, -0.2) is 63.2 Å². The van der Waals surface area contributed by atoms with Gasteiger partial charge in [0.1, 0.15) is 23.5 Å².